The first-order valence-corrected chi connectivity index (χ1v) is 9.56. The second-order valence-corrected chi connectivity index (χ2v) is 7.20. The number of fused-ring (bicyclic) bond motifs is 6. The van der Waals surface area contributed by atoms with Crippen molar-refractivity contribution in [1.82, 2.24) is 0 Å². The largest absolute Gasteiger partial charge is 0.455 e. The lowest BCUT2D eigenvalue weighted by Crippen LogP contribution is -2.25. The molecule has 0 aliphatic carbocycles. The van der Waals surface area contributed by atoms with Crippen LogP contribution in [0.4, 0.5) is 0 Å². The van der Waals surface area contributed by atoms with Gasteiger partial charge in [-0.05, 0) is 29.8 Å². The van der Waals surface area contributed by atoms with Crippen LogP contribution in [0.5, 0.6) is 11.5 Å². The van der Waals surface area contributed by atoms with E-state index in [9.17, 15) is 9.59 Å². The number of hydrogen-bond donors (Lipinski definition) is 0. The lowest BCUT2D eigenvalue weighted by molar-refractivity contribution is 0.429. The normalized spacial score (nSPS) is 13.1. The summed E-state index contributed by atoms with van der Waals surface area (Å²) in [6.07, 6.45) is 0. The van der Waals surface area contributed by atoms with Gasteiger partial charge in [0.05, 0.1) is 27.8 Å². The molecular weight excluding hydrogens is 380 g/mol. The van der Waals surface area contributed by atoms with E-state index < -0.39 is 17.2 Å². The van der Waals surface area contributed by atoms with Crippen LogP contribution in [-0.2, 0) is 0 Å². The van der Waals surface area contributed by atoms with E-state index in [1.807, 2.05) is 54.6 Å². The predicted octanol–water partition coefficient (Wildman–Crippen LogP) is 5.19. The smallest absolute Gasteiger partial charge is 0.344 e. The Hall–Kier alpha value is -4.12. The van der Waals surface area contributed by atoms with E-state index in [1.54, 1.807) is 24.3 Å². The molecule has 0 saturated heterocycles. The maximum Gasteiger partial charge on any atom is 0.344 e. The Morgan fingerprint density at radius 3 is 1.57 bits per heavy atom. The topological polar surface area (TPSA) is 69.7 Å². The summed E-state index contributed by atoms with van der Waals surface area (Å²) >= 11 is 0. The second-order valence-electron chi connectivity index (χ2n) is 7.20. The molecule has 144 valence electrons. The second kappa shape index (κ2) is 6.19. The summed E-state index contributed by atoms with van der Waals surface area (Å²) in [5, 5.41) is 1.35. The monoisotopic (exact) mass is 394 g/mol. The van der Waals surface area contributed by atoms with Crippen molar-refractivity contribution in [2.24, 2.45) is 0 Å². The van der Waals surface area contributed by atoms with Crippen LogP contribution >= 0.6 is 0 Å². The number of para-hydroxylation sites is 2. The minimum Gasteiger partial charge on any atom is -0.455 e. The Bertz CT molecular complexity index is 1460. The van der Waals surface area contributed by atoms with E-state index in [0.29, 0.717) is 44.6 Å². The highest BCUT2D eigenvalue weighted by Gasteiger charge is 2.37. The third-order valence-corrected chi connectivity index (χ3v) is 5.51. The molecule has 5 heteroatoms. The van der Waals surface area contributed by atoms with Crippen molar-refractivity contribution in [3.63, 3.8) is 0 Å². The fourth-order valence-corrected chi connectivity index (χ4v) is 4.21. The third kappa shape index (κ3) is 2.29. The number of ether oxygens (including phenoxy) is 1. The minimum absolute atomic E-state index is 0.301. The molecule has 0 saturated carbocycles. The standard InChI is InChI=1S/C25H14O5/c26-24-20-19(14-8-2-1-3-9-14)21-23(16-11-5-7-13-18(16)29-25(21)27)30-22(20)15-10-4-6-12-17(15)28-24/h1-13,19H. The Balaban J connectivity index is 1.81. The van der Waals surface area contributed by atoms with Gasteiger partial charge in [-0.15, -0.1) is 0 Å². The van der Waals surface area contributed by atoms with Gasteiger partial charge in [0.15, 0.2) is 0 Å². The van der Waals surface area contributed by atoms with Gasteiger partial charge in [0, 0.05) is 0 Å². The van der Waals surface area contributed by atoms with Crippen LogP contribution in [0.25, 0.3) is 21.9 Å². The van der Waals surface area contributed by atoms with E-state index in [2.05, 4.69) is 0 Å². The molecule has 5 aromatic rings. The highest BCUT2D eigenvalue weighted by Crippen LogP contribution is 2.49. The van der Waals surface area contributed by atoms with Crippen molar-refractivity contribution in [2.75, 3.05) is 0 Å². The molecule has 3 heterocycles. The van der Waals surface area contributed by atoms with Crippen LogP contribution in [0.15, 0.2) is 97.3 Å². The Labute approximate surface area is 169 Å². The van der Waals surface area contributed by atoms with E-state index in [-0.39, 0.29) is 0 Å². The van der Waals surface area contributed by atoms with Gasteiger partial charge in [0.2, 0.25) is 0 Å². The molecule has 0 amide bonds. The fourth-order valence-electron chi connectivity index (χ4n) is 4.21. The van der Waals surface area contributed by atoms with Crippen molar-refractivity contribution in [2.45, 2.75) is 5.92 Å². The average molecular weight is 394 g/mol. The van der Waals surface area contributed by atoms with Crippen molar-refractivity contribution in [3.8, 4) is 11.5 Å². The quantitative estimate of drug-likeness (QED) is 0.359. The Morgan fingerprint density at radius 1 is 0.567 bits per heavy atom. The van der Waals surface area contributed by atoms with Crippen LogP contribution in [0.1, 0.15) is 22.6 Å². The molecule has 0 N–H and O–H groups in total. The molecule has 0 unspecified atom stereocenters. The Kier molecular flexibility index (Phi) is 3.47. The molecule has 0 fully saturated rings. The van der Waals surface area contributed by atoms with Gasteiger partial charge < -0.3 is 13.6 Å². The summed E-state index contributed by atoms with van der Waals surface area (Å²) in [6, 6.07) is 23.8. The van der Waals surface area contributed by atoms with Gasteiger partial charge in [0.1, 0.15) is 22.7 Å². The zero-order valence-corrected chi connectivity index (χ0v) is 15.6. The van der Waals surface area contributed by atoms with E-state index in [4.69, 9.17) is 13.6 Å². The first-order chi connectivity index (χ1) is 14.7. The maximum absolute atomic E-state index is 13.1. The molecule has 0 radical (unpaired) electrons. The lowest BCUT2D eigenvalue weighted by atomic mass is 9.83. The summed E-state index contributed by atoms with van der Waals surface area (Å²) in [5.74, 6) is 0.171. The average Bonchev–Trinajstić information content (AvgIpc) is 2.78. The van der Waals surface area contributed by atoms with Gasteiger partial charge in [0.25, 0.3) is 0 Å². The predicted molar refractivity (Wildman–Crippen MR) is 112 cm³/mol. The van der Waals surface area contributed by atoms with Crippen molar-refractivity contribution < 1.29 is 13.6 Å². The molecule has 1 aliphatic heterocycles. The van der Waals surface area contributed by atoms with E-state index in [1.165, 1.54) is 0 Å². The highest BCUT2D eigenvalue weighted by atomic mass is 16.5. The minimum atomic E-state index is -0.660. The summed E-state index contributed by atoms with van der Waals surface area (Å²) in [4.78, 5) is 26.1. The third-order valence-electron chi connectivity index (χ3n) is 5.51. The maximum atomic E-state index is 13.1. The van der Waals surface area contributed by atoms with Crippen LogP contribution in [0.2, 0.25) is 0 Å². The SMILES string of the molecule is O=c1oc2ccccc2c2c1C(c1ccccc1)c1c(c3ccccc3oc1=O)O2. The summed E-state index contributed by atoms with van der Waals surface area (Å²) in [7, 11) is 0. The number of benzene rings is 3. The van der Waals surface area contributed by atoms with Crippen LogP contribution in [0.3, 0.4) is 0 Å². The van der Waals surface area contributed by atoms with Crippen molar-refractivity contribution in [1.29, 1.82) is 0 Å². The summed E-state index contributed by atoms with van der Waals surface area (Å²) in [5.41, 5.74) is 1.19. The van der Waals surface area contributed by atoms with E-state index in [0.717, 1.165) is 5.56 Å². The van der Waals surface area contributed by atoms with Gasteiger partial charge in [-0.25, -0.2) is 9.59 Å². The van der Waals surface area contributed by atoms with Crippen molar-refractivity contribution in [3.05, 3.63) is 116 Å². The molecule has 1 aliphatic rings. The Morgan fingerprint density at radius 2 is 1.03 bits per heavy atom. The van der Waals surface area contributed by atoms with Gasteiger partial charge in [-0.2, -0.15) is 0 Å². The molecular formula is C25H14O5. The van der Waals surface area contributed by atoms with Crippen LogP contribution in [-0.4, -0.2) is 0 Å². The lowest BCUT2D eigenvalue weighted by Gasteiger charge is -2.27. The highest BCUT2D eigenvalue weighted by molar-refractivity contribution is 5.90. The molecule has 0 spiro atoms. The van der Waals surface area contributed by atoms with Crippen LogP contribution in [0, 0.1) is 0 Å². The first-order valence-electron chi connectivity index (χ1n) is 9.56. The number of hydrogen-bond acceptors (Lipinski definition) is 5. The molecule has 30 heavy (non-hydrogen) atoms. The van der Waals surface area contributed by atoms with E-state index >= 15 is 0 Å². The zero-order chi connectivity index (χ0) is 20.2. The summed E-state index contributed by atoms with van der Waals surface area (Å²) in [6.45, 7) is 0. The van der Waals surface area contributed by atoms with Crippen LogP contribution < -0.4 is 16.0 Å². The molecule has 5 nitrogen and oxygen atoms in total. The van der Waals surface area contributed by atoms with Crippen molar-refractivity contribution >= 4 is 21.9 Å². The molecule has 6 rings (SSSR count). The molecule has 3 aromatic carbocycles. The fraction of sp³-hybridized carbons (Fsp3) is 0.0400. The molecule has 2 aromatic heterocycles. The zero-order valence-electron chi connectivity index (χ0n) is 15.6. The molecule has 0 atom stereocenters. The summed E-state index contributed by atoms with van der Waals surface area (Å²) < 4.78 is 17.5. The molecule has 0 bridgehead atoms. The van der Waals surface area contributed by atoms with Gasteiger partial charge >= 0.3 is 11.3 Å². The van der Waals surface area contributed by atoms with Gasteiger partial charge in [-0.1, -0.05) is 54.6 Å². The number of rotatable bonds is 1. The van der Waals surface area contributed by atoms with Gasteiger partial charge in [-0.3, -0.25) is 0 Å². The first kappa shape index (κ1) is 16.8.